The van der Waals surface area contributed by atoms with E-state index < -0.39 is 0 Å². The Kier molecular flexibility index (Phi) is 6.97. The fourth-order valence-electron chi connectivity index (χ4n) is 4.84. The van der Waals surface area contributed by atoms with E-state index >= 15 is 0 Å². The second-order valence-corrected chi connectivity index (χ2v) is 10.2. The molecule has 1 saturated heterocycles. The summed E-state index contributed by atoms with van der Waals surface area (Å²) in [5, 5.41) is 0. The third-order valence-corrected chi connectivity index (χ3v) is 8.00. The van der Waals surface area contributed by atoms with Crippen molar-refractivity contribution in [3.8, 4) is 11.1 Å². The highest BCUT2D eigenvalue weighted by molar-refractivity contribution is 14.1. The van der Waals surface area contributed by atoms with E-state index in [1.54, 1.807) is 12.1 Å². The van der Waals surface area contributed by atoms with Crippen LogP contribution in [0.2, 0.25) is 0 Å². The van der Waals surface area contributed by atoms with E-state index in [1.165, 1.54) is 0 Å². The van der Waals surface area contributed by atoms with E-state index in [9.17, 15) is 9.59 Å². The smallest absolute Gasteiger partial charge is 0.338 e. The van der Waals surface area contributed by atoms with Gasteiger partial charge in [-0.2, -0.15) is 0 Å². The van der Waals surface area contributed by atoms with Crippen molar-refractivity contribution in [2.24, 2.45) is 11.8 Å². The number of carbonyl (C=O) groups excluding carboxylic acids is 2. The van der Waals surface area contributed by atoms with Crippen molar-refractivity contribution in [2.75, 3.05) is 6.61 Å². The lowest BCUT2D eigenvalue weighted by atomic mass is 9.93. The Morgan fingerprint density at radius 2 is 1.56 bits per heavy atom. The number of fused-ring (bicyclic) bond motifs is 1. The normalized spacial score (nSPS) is 25.6. The van der Waals surface area contributed by atoms with Gasteiger partial charge in [-0.3, -0.25) is 4.79 Å². The highest BCUT2D eigenvalue weighted by atomic mass is 127. The number of benzene rings is 3. The molecule has 5 nitrogen and oxygen atoms in total. The van der Waals surface area contributed by atoms with E-state index in [-0.39, 0.29) is 39.9 Å². The van der Waals surface area contributed by atoms with Gasteiger partial charge in [0.1, 0.15) is 12.2 Å². The molecule has 1 aliphatic carbocycles. The van der Waals surface area contributed by atoms with Crippen molar-refractivity contribution >= 4 is 34.5 Å². The van der Waals surface area contributed by atoms with Crippen LogP contribution in [-0.2, 0) is 25.6 Å². The monoisotopic (exact) mass is 568 g/mol. The van der Waals surface area contributed by atoms with Gasteiger partial charge in [0.25, 0.3) is 0 Å². The van der Waals surface area contributed by atoms with E-state index in [4.69, 9.17) is 14.2 Å². The summed E-state index contributed by atoms with van der Waals surface area (Å²) in [4.78, 5) is 25.0. The summed E-state index contributed by atoms with van der Waals surface area (Å²) < 4.78 is 17.5. The van der Waals surface area contributed by atoms with Gasteiger partial charge in [0.2, 0.25) is 0 Å². The van der Waals surface area contributed by atoms with Crippen LogP contribution in [0.3, 0.4) is 0 Å². The lowest BCUT2D eigenvalue weighted by Gasteiger charge is -2.24. The second kappa shape index (κ2) is 10.3. The number of hydrogen-bond acceptors (Lipinski definition) is 5. The Labute approximate surface area is 212 Å². The van der Waals surface area contributed by atoms with Crippen LogP contribution in [0.15, 0.2) is 84.9 Å². The Morgan fingerprint density at radius 3 is 2.26 bits per heavy atom. The molecule has 2 aliphatic rings. The molecule has 3 aromatic rings. The minimum Gasteiger partial charge on any atom is -0.461 e. The molecule has 0 radical (unpaired) electrons. The van der Waals surface area contributed by atoms with Crippen LogP contribution in [0.25, 0.3) is 11.1 Å². The lowest BCUT2D eigenvalue weighted by Crippen LogP contribution is -2.34. The number of rotatable bonds is 7. The number of carbonyl (C=O) groups is 2. The molecule has 2 fully saturated rings. The molecule has 1 saturated carbocycles. The van der Waals surface area contributed by atoms with Crippen molar-refractivity contribution in [3.05, 3.63) is 96.1 Å². The minimum absolute atomic E-state index is 0.0107. The molecule has 174 valence electrons. The summed E-state index contributed by atoms with van der Waals surface area (Å²) in [6.07, 6.45) is -0.305. The molecule has 5 atom stereocenters. The van der Waals surface area contributed by atoms with Gasteiger partial charge in [0.05, 0.1) is 29.1 Å². The van der Waals surface area contributed by atoms with Gasteiger partial charge in [-0.25, -0.2) is 4.79 Å². The fourth-order valence-corrected chi connectivity index (χ4v) is 6.20. The number of esters is 2. The van der Waals surface area contributed by atoms with Crippen molar-refractivity contribution in [1.82, 2.24) is 0 Å². The van der Waals surface area contributed by atoms with Gasteiger partial charge < -0.3 is 14.2 Å². The molecule has 0 N–H and O–H groups in total. The van der Waals surface area contributed by atoms with Crippen LogP contribution >= 0.6 is 22.6 Å². The molecule has 0 aromatic heterocycles. The first-order chi connectivity index (χ1) is 16.6. The topological polar surface area (TPSA) is 61.8 Å². The second-order valence-electron chi connectivity index (χ2n) is 8.74. The van der Waals surface area contributed by atoms with Gasteiger partial charge in [-0.05, 0) is 28.8 Å². The summed E-state index contributed by atoms with van der Waals surface area (Å²) in [5.41, 5.74) is 3.71. The molecular weight excluding hydrogens is 543 g/mol. The van der Waals surface area contributed by atoms with Gasteiger partial charge in [0, 0.05) is 11.8 Å². The van der Waals surface area contributed by atoms with E-state index in [2.05, 4.69) is 22.6 Å². The van der Waals surface area contributed by atoms with Crippen molar-refractivity contribution in [2.45, 2.75) is 29.2 Å². The van der Waals surface area contributed by atoms with Crippen LogP contribution < -0.4 is 0 Å². The zero-order valence-corrected chi connectivity index (χ0v) is 20.7. The van der Waals surface area contributed by atoms with Crippen LogP contribution in [-0.4, -0.2) is 34.7 Å². The quantitative estimate of drug-likeness (QED) is 0.215. The first-order valence-electron chi connectivity index (χ1n) is 11.4. The highest BCUT2D eigenvalue weighted by Gasteiger charge is 2.57. The number of halogens is 1. The molecule has 0 spiro atoms. The predicted molar refractivity (Wildman–Crippen MR) is 136 cm³/mol. The Balaban J connectivity index is 1.28. The zero-order chi connectivity index (χ0) is 23.5. The van der Waals surface area contributed by atoms with Crippen LogP contribution in [0.4, 0.5) is 0 Å². The maximum atomic E-state index is 13.0. The Bertz CT molecular complexity index is 1130. The Morgan fingerprint density at radius 1 is 0.912 bits per heavy atom. The predicted octanol–water partition coefficient (Wildman–Crippen LogP) is 5.46. The van der Waals surface area contributed by atoms with Gasteiger partial charge in [-0.15, -0.1) is 0 Å². The average Bonchev–Trinajstić information content (AvgIpc) is 3.37. The molecule has 1 aliphatic heterocycles. The molecule has 0 amide bonds. The molecule has 1 heterocycles. The molecule has 5 rings (SSSR count). The Hall–Kier alpha value is -2.71. The van der Waals surface area contributed by atoms with E-state index in [1.807, 2.05) is 72.8 Å². The van der Waals surface area contributed by atoms with Crippen molar-refractivity contribution in [1.29, 1.82) is 0 Å². The van der Waals surface area contributed by atoms with Gasteiger partial charge in [0.15, 0.2) is 0 Å². The molecule has 0 bridgehead atoms. The summed E-state index contributed by atoms with van der Waals surface area (Å²) in [5.74, 6) is -0.672. The third kappa shape index (κ3) is 4.88. The van der Waals surface area contributed by atoms with Crippen molar-refractivity contribution in [3.63, 3.8) is 0 Å². The maximum absolute atomic E-state index is 13.0. The van der Waals surface area contributed by atoms with E-state index in [0.717, 1.165) is 16.7 Å². The third-order valence-electron chi connectivity index (χ3n) is 6.58. The van der Waals surface area contributed by atoms with Gasteiger partial charge >= 0.3 is 11.9 Å². The SMILES string of the molecule is O=C1C[C@@H]2[C@@H](COCc3ccccc3)[C@H](OC(=O)c3ccc(-c4ccccc4)cc3)[C@@H](I)[C@@H]2O1. The molecule has 34 heavy (non-hydrogen) atoms. The highest BCUT2D eigenvalue weighted by Crippen LogP contribution is 2.46. The number of alkyl halides is 1. The summed E-state index contributed by atoms with van der Waals surface area (Å²) in [7, 11) is 0. The van der Waals surface area contributed by atoms with Crippen molar-refractivity contribution < 1.29 is 23.8 Å². The first-order valence-corrected chi connectivity index (χ1v) is 12.7. The van der Waals surface area contributed by atoms with Crippen LogP contribution in [0.1, 0.15) is 22.3 Å². The maximum Gasteiger partial charge on any atom is 0.338 e. The molecule has 3 aromatic carbocycles. The largest absolute Gasteiger partial charge is 0.461 e. The van der Waals surface area contributed by atoms with E-state index in [0.29, 0.717) is 25.2 Å². The number of hydrogen-bond donors (Lipinski definition) is 0. The fraction of sp³-hybridized carbons (Fsp3) is 0.286. The van der Waals surface area contributed by atoms with Crippen LogP contribution in [0, 0.1) is 11.8 Å². The van der Waals surface area contributed by atoms with Crippen LogP contribution in [0.5, 0.6) is 0 Å². The molecule has 6 heteroatoms. The molecule has 0 unspecified atom stereocenters. The standard InChI is InChI=1S/C28H25IO5/c29-25-26-22(15-24(30)33-26)23(17-32-16-18-7-3-1-4-8-18)27(25)34-28(31)21-13-11-20(12-14-21)19-9-5-2-6-10-19/h1-14,22-23,25-27H,15-17H2/t22-,23-,25+,26-,27+/m1/s1. The summed E-state index contributed by atoms with van der Waals surface area (Å²) in [6, 6.07) is 27.4. The zero-order valence-electron chi connectivity index (χ0n) is 18.5. The lowest BCUT2D eigenvalue weighted by molar-refractivity contribution is -0.141. The average molecular weight is 568 g/mol. The van der Waals surface area contributed by atoms with Gasteiger partial charge in [-0.1, -0.05) is 95.4 Å². The number of ether oxygens (including phenoxy) is 3. The first kappa shape index (κ1) is 23.1. The minimum atomic E-state index is -0.388. The summed E-state index contributed by atoms with van der Waals surface area (Å²) in [6.45, 7) is 0.869. The molecular formula is C28H25IO5. The summed E-state index contributed by atoms with van der Waals surface area (Å²) >= 11 is 2.26.